The van der Waals surface area contributed by atoms with Gasteiger partial charge in [-0.2, -0.15) is 0 Å². The molecule has 4 rings (SSSR count). The highest BCUT2D eigenvalue weighted by molar-refractivity contribution is 5.47. The molecule has 0 saturated carbocycles. The molecule has 4 aromatic rings. The number of hydrogen-bond acceptors (Lipinski definition) is 2. The lowest BCUT2D eigenvalue weighted by molar-refractivity contribution is 0.530. The fraction of sp³-hybridized carbons (Fsp3) is 0.547. The van der Waals surface area contributed by atoms with E-state index in [1.807, 2.05) is 0 Å². The Morgan fingerprint density at radius 1 is 0.291 bits per heavy atom. The second-order valence-electron chi connectivity index (χ2n) is 16.8. The quantitative estimate of drug-likeness (QED) is 0.0413. The Morgan fingerprint density at radius 3 is 0.909 bits per heavy atom. The van der Waals surface area contributed by atoms with Crippen LogP contribution in [-0.4, -0.2) is 0 Å². The summed E-state index contributed by atoms with van der Waals surface area (Å²) in [7, 11) is 0. The summed E-state index contributed by atoms with van der Waals surface area (Å²) < 4.78 is 0. The van der Waals surface area contributed by atoms with Crippen LogP contribution in [0, 0.1) is 0 Å². The van der Waals surface area contributed by atoms with Gasteiger partial charge in [-0.05, 0) is 133 Å². The van der Waals surface area contributed by atoms with Crippen molar-refractivity contribution >= 4 is 11.4 Å². The van der Waals surface area contributed by atoms with E-state index in [1.165, 1.54) is 192 Å². The molecule has 0 amide bonds. The molecule has 4 N–H and O–H groups in total. The van der Waals surface area contributed by atoms with Gasteiger partial charge in [0.05, 0.1) is 0 Å². The average Bonchev–Trinajstić information content (AvgIpc) is 3.19. The Kier molecular flexibility index (Phi) is 21.8. The minimum atomic E-state index is 0.890. The third-order valence-electron chi connectivity index (χ3n) is 11.8. The van der Waals surface area contributed by atoms with Crippen LogP contribution in [0.1, 0.15) is 193 Å². The summed E-state index contributed by atoms with van der Waals surface area (Å²) in [4.78, 5) is 0. The second-order valence-corrected chi connectivity index (χ2v) is 16.8. The maximum absolute atomic E-state index is 6.11. The standard InChI is InChI=1S/C53H78N2/c1-3-5-20-26-48-42-52(54)38-36-50(48)40-46-32-28-44(29-33-46)24-22-18-16-14-12-10-8-7-9-11-13-15-17-19-23-25-45-30-34-47(35-31-45)41-51-37-39-53(55)43-49(51)27-21-6-4-2/h28-39,42-43H,3-27,40-41,54-55H2,1-2H3. The highest BCUT2D eigenvalue weighted by Crippen LogP contribution is 2.23. The summed E-state index contributed by atoms with van der Waals surface area (Å²) in [5.74, 6) is 0. The lowest BCUT2D eigenvalue weighted by Gasteiger charge is -2.11. The largest absolute Gasteiger partial charge is 0.399 e. The van der Waals surface area contributed by atoms with Gasteiger partial charge >= 0.3 is 0 Å². The van der Waals surface area contributed by atoms with Crippen LogP contribution in [-0.2, 0) is 38.5 Å². The van der Waals surface area contributed by atoms with Gasteiger partial charge in [-0.25, -0.2) is 0 Å². The van der Waals surface area contributed by atoms with Crippen LogP contribution in [0.5, 0.6) is 0 Å². The summed E-state index contributed by atoms with van der Waals surface area (Å²) in [6.07, 6.45) is 35.3. The Morgan fingerprint density at radius 2 is 0.582 bits per heavy atom. The van der Waals surface area contributed by atoms with Gasteiger partial charge in [0.1, 0.15) is 0 Å². The van der Waals surface area contributed by atoms with Gasteiger partial charge in [-0.1, -0.05) is 184 Å². The molecule has 2 heteroatoms. The maximum atomic E-state index is 6.11. The fourth-order valence-corrected chi connectivity index (χ4v) is 8.28. The van der Waals surface area contributed by atoms with E-state index in [0.717, 1.165) is 37.1 Å². The van der Waals surface area contributed by atoms with E-state index in [-0.39, 0.29) is 0 Å². The second kappa shape index (κ2) is 27.1. The molecule has 0 heterocycles. The summed E-state index contributed by atoms with van der Waals surface area (Å²) in [6.45, 7) is 4.54. The predicted octanol–water partition coefficient (Wildman–Crippen LogP) is 15.1. The zero-order valence-corrected chi connectivity index (χ0v) is 35.3. The molecule has 0 fully saturated rings. The third kappa shape index (κ3) is 18.3. The van der Waals surface area contributed by atoms with Gasteiger partial charge in [-0.15, -0.1) is 0 Å². The van der Waals surface area contributed by atoms with Crippen molar-refractivity contribution in [1.82, 2.24) is 0 Å². The van der Waals surface area contributed by atoms with E-state index < -0.39 is 0 Å². The first kappa shape index (κ1) is 44.2. The zero-order valence-electron chi connectivity index (χ0n) is 35.3. The minimum absolute atomic E-state index is 0.890. The number of nitrogens with two attached hydrogens (primary N) is 2. The summed E-state index contributed by atoms with van der Waals surface area (Å²) in [6, 6.07) is 31.8. The molecule has 0 atom stereocenters. The van der Waals surface area contributed by atoms with Crippen LogP contribution in [0.15, 0.2) is 84.9 Å². The number of nitrogen functional groups attached to an aromatic ring is 2. The smallest absolute Gasteiger partial charge is 0.0316 e. The minimum Gasteiger partial charge on any atom is -0.399 e. The first-order chi connectivity index (χ1) is 27.0. The van der Waals surface area contributed by atoms with Crippen molar-refractivity contribution in [3.8, 4) is 0 Å². The summed E-state index contributed by atoms with van der Waals surface area (Å²) in [5.41, 5.74) is 25.5. The number of rotatable bonds is 30. The highest BCUT2D eigenvalue weighted by Gasteiger charge is 2.07. The van der Waals surface area contributed by atoms with Crippen molar-refractivity contribution < 1.29 is 0 Å². The molecule has 0 aliphatic heterocycles. The molecule has 0 aromatic heterocycles. The highest BCUT2D eigenvalue weighted by atomic mass is 14.5. The topological polar surface area (TPSA) is 52.0 Å². The van der Waals surface area contributed by atoms with Crippen molar-refractivity contribution in [2.75, 3.05) is 11.5 Å². The first-order valence-corrected chi connectivity index (χ1v) is 22.9. The Balaban J connectivity index is 0.934. The van der Waals surface area contributed by atoms with E-state index in [4.69, 9.17) is 11.5 Å². The molecule has 0 radical (unpaired) electrons. The molecule has 0 aliphatic carbocycles. The van der Waals surface area contributed by atoms with Crippen molar-refractivity contribution in [3.63, 3.8) is 0 Å². The van der Waals surface area contributed by atoms with E-state index in [2.05, 4.69) is 98.8 Å². The van der Waals surface area contributed by atoms with Crippen LogP contribution in [0.3, 0.4) is 0 Å². The molecule has 300 valence electrons. The molecular formula is C53H78N2. The monoisotopic (exact) mass is 743 g/mol. The molecular weight excluding hydrogens is 665 g/mol. The van der Waals surface area contributed by atoms with E-state index in [9.17, 15) is 0 Å². The summed E-state index contributed by atoms with van der Waals surface area (Å²) >= 11 is 0. The number of benzene rings is 4. The van der Waals surface area contributed by atoms with Crippen LogP contribution in [0.25, 0.3) is 0 Å². The number of anilines is 2. The van der Waals surface area contributed by atoms with E-state index in [1.54, 1.807) is 0 Å². The zero-order chi connectivity index (χ0) is 38.8. The number of hydrogen-bond donors (Lipinski definition) is 2. The SMILES string of the molecule is CCCCCc1cc(N)ccc1Cc1ccc(CCCCCCCCCCCCCCCCCc2ccc(Cc3ccc(N)cc3CCCCC)cc2)cc1. The van der Waals surface area contributed by atoms with Crippen molar-refractivity contribution in [1.29, 1.82) is 0 Å². The molecule has 4 aromatic carbocycles. The molecule has 0 saturated heterocycles. The third-order valence-corrected chi connectivity index (χ3v) is 11.8. The molecule has 0 bridgehead atoms. The van der Waals surface area contributed by atoms with E-state index in [0.29, 0.717) is 0 Å². The molecule has 0 unspecified atom stereocenters. The van der Waals surface area contributed by atoms with Crippen molar-refractivity contribution in [2.45, 2.75) is 187 Å². The Labute approximate surface area is 338 Å². The first-order valence-electron chi connectivity index (χ1n) is 22.9. The maximum Gasteiger partial charge on any atom is 0.0316 e. The summed E-state index contributed by atoms with van der Waals surface area (Å²) in [5, 5.41) is 0. The van der Waals surface area contributed by atoms with Crippen molar-refractivity contribution in [3.05, 3.63) is 129 Å². The molecule has 55 heavy (non-hydrogen) atoms. The van der Waals surface area contributed by atoms with Crippen LogP contribution >= 0.6 is 0 Å². The lowest BCUT2D eigenvalue weighted by atomic mass is 9.95. The lowest BCUT2D eigenvalue weighted by Crippen LogP contribution is -1.99. The van der Waals surface area contributed by atoms with Gasteiger partial charge < -0.3 is 11.5 Å². The molecule has 2 nitrogen and oxygen atoms in total. The van der Waals surface area contributed by atoms with Gasteiger partial charge in [0.25, 0.3) is 0 Å². The number of unbranched alkanes of at least 4 members (excludes halogenated alkanes) is 18. The Bertz CT molecular complexity index is 1450. The molecule has 0 aliphatic rings. The van der Waals surface area contributed by atoms with Crippen LogP contribution in [0.4, 0.5) is 11.4 Å². The Hall–Kier alpha value is -3.52. The van der Waals surface area contributed by atoms with Crippen LogP contribution in [0.2, 0.25) is 0 Å². The van der Waals surface area contributed by atoms with E-state index >= 15 is 0 Å². The van der Waals surface area contributed by atoms with Gasteiger partial charge in [0.15, 0.2) is 0 Å². The fourth-order valence-electron chi connectivity index (χ4n) is 8.28. The van der Waals surface area contributed by atoms with Crippen molar-refractivity contribution in [2.24, 2.45) is 0 Å². The number of aryl methyl sites for hydroxylation is 4. The predicted molar refractivity (Wildman–Crippen MR) is 243 cm³/mol. The molecule has 0 spiro atoms. The van der Waals surface area contributed by atoms with Gasteiger partial charge in [0.2, 0.25) is 0 Å². The van der Waals surface area contributed by atoms with Crippen LogP contribution < -0.4 is 11.5 Å². The normalized spacial score (nSPS) is 11.4. The van der Waals surface area contributed by atoms with Gasteiger partial charge in [-0.3, -0.25) is 0 Å². The average molecular weight is 743 g/mol. The van der Waals surface area contributed by atoms with Gasteiger partial charge in [0, 0.05) is 11.4 Å².